The smallest absolute Gasteiger partial charge is 0.293 e. The van der Waals surface area contributed by atoms with E-state index in [4.69, 9.17) is 11.6 Å². The van der Waals surface area contributed by atoms with Crippen molar-refractivity contribution in [1.29, 1.82) is 0 Å². The number of nitrogens with zero attached hydrogens (tertiary/aromatic N) is 2. The van der Waals surface area contributed by atoms with Crippen molar-refractivity contribution in [2.45, 2.75) is 13.5 Å². The first-order valence-electron chi connectivity index (χ1n) is 11.2. The number of imide groups is 1. The minimum atomic E-state index is -0.459. The topological polar surface area (TPSA) is 59.4 Å². The molecule has 5 rings (SSSR count). The Hall–Kier alpha value is -3.13. The van der Waals surface area contributed by atoms with E-state index >= 15 is 0 Å². The lowest BCUT2D eigenvalue weighted by Gasteiger charge is -2.11. The number of aromatic nitrogens is 1. The SMILES string of the molecule is Cc1ccc(C(=O)CN2C(=O)S/C(=C\c3cn(Cc4ccc(Cl)cc4)c4ccc(Br)cc34)C2=O)cc1. The summed E-state index contributed by atoms with van der Waals surface area (Å²) >= 11 is 10.4. The van der Waals surface area contributed by atoms with E-state index in [0.717, 1.165) is 48.7 Å². The molecule has 2 amide bonds. The van der Waals surface area contributed by atoms with Crippen LogP contribution in [-0.4, -0.2) is 32.9 Å². The van der Waals surface area contributed by atoms with Gasteiger partial charge in [-0.2, -0.15) is 0 Å². The first kappa shape index (κ1) is 24.6. The van der Waals surface area contributed by atoms with Crippen LogP contribution in [0, 0.1) is 6.92 Å². The van der Waals surface area contributed by atoms with Gasteiger partial charge in [0.1, 0.15) is 0 Å². The molecule has 0 N–H and O–H groups in total. The number of amides is 2. The number of benzene rings is 3. The van der Waals surface area contributed by atoms with Crippen LogP contribution in [0.5, 0.6) is 0 Å². The number of hydrogen-bond acceptors (Lipinski definition) is 4. The lowest BCUT2D eigenvalue weighted by molar-refractivity contribution is -0.122. The number of hydrogen-bond donors (Lipinski definition) is 0. The first-order chi connectivity index (χ1) is 17.3. The van der Waals surface area contributed by atoms with Crippen molar-refractivity contribution < 1.29 is 14.4 Å². The second-order valence-electron chi connectivity index (χ2n) is 8.56. The van der Waals surface area contributed by atoms with Gasteiger partial charge in [-0.1, -0.05) is 69.5 Å². The molecule has 0 radical (unpaired) electrons. The Balaban J connectivity index is 1.44. The number of Topliss-reactive ketones (excluding diaryl/α,β-unsaturated/α-hetero) is 1. The number of aryl methyl sites for hydroxylation is 1. The van der Waals surface area contributed by atoms with Crippen molar-refractivity contribution in [2.24, 2.45) is 0 Å². The number of ketones is 1. The van der Waals surface area contributed by atoms with Gasteiger partial charge in [0.25, 0.3) is 11.1 Å². The Morgan fingerprint density at radius 3 is 2.47 bits per heavy atom. The zero-order chi connectivity index (χ0) is 25.4. The molecule has 0 bridgehead atoms. The van der Waals surface area contributed by atoms with Crippen LogP contribution in [0.25, 0.3) is 17.0 Å². The number of fused-ring (bicyclic) bond motifs is 1. The van der Waals surface area contributed by atoms with E-state index in [1.54, 1.807) is 18.2 Å². The maximum absolute atomic E-state index is 13.1. The number of carbonyl (C=O) groups is 3. The molecular formula is C28H20BrClN2O3S. The molecule has 1 aliphatic rings. The second-order valence-corrected chi connectivity index (χ2v) is 10.9. The maximum atomic E-state index is 13.1. The first-order valence-corrected chi connectivity index (χ1v) is 13.2. The Morgan fingerprint density at radius 1 is 1.03 bits per heavy atom. The Bertz CT molecular complexity index is 1540. The standard InChI is InChI=1S/C28H20BrClN2O3S/c1-17-2-6-19(7-3-17)25(33)16-32-27(34)26(36-28(32)35)12-20-15-31(14-18-4-9-22(30)10-5-18)24-11-8-21(29)13-23(20)24/h2-13,15H,14,16H2,1H3/b26-12-. The van der Waals surface area contributed by atoms with Gasteiger partial charge < -0.3 is 4.57 Å². The molecule has 8 heteroatoms. The number of halogens is 2. The van der Waals surface area contributed by atoms with Gasteiger partial charge >= 0.3 is 0 Å². The van der Waals surface area contributed by atoms with Crippen LogP contribution in [0.15, 0.2) is 82.3 Å². The fourth-order valence-electron chi connectivity index (χ4n) is 4.08. The van der Waals surface area contributed by atoms with Crippen LogP contribution in [-0.2, 0) is 11.3 Å². The number of rotatable bonds is 6. The molecule has 2 heterocycles. The summed E-state index contributed by atoms with van der Waals surface area (Å²) in [6.45, 7) is 2.27. The predicted molar refractivity (Wildman–Crippen MR) is 148 cm³/mol. The summed E-state index contributed by atoms with van der Waals surface area (Å²) in [6.07, 6.45) is 3.70. The highest BCUT2D eigenvalue weighted by atomic mass is 79.9. The van der Waals surface area contributed by atoms with Crippen LogP contribution in [0.2, 0.25) is 5.02 Å². The molecule has 1 aromatic heterocycles. The molecule has 36 heavy (non-hydrogen) atoms. The number of thioether (sulfide) groups is 1. The van der Waals surface area contributed by atoms with Crippen molar-refractivity contribution in [3.8, 4) is 0 Å². The third-order valence-electron chi connectivity index (χ3n) is 5.98. The lowest BCUT2D eigenvalue weighted by atomic mass is 10.1. The molecule has 0 spiro atoms. The summed E-state index contributed by atoms with van der Waals surface area (Å²) in [5, 5.41) is 1.18. The highest BCUT2D eigenvalue weighted by molar-refractivity contribution is 9.10. The molecule has 5 nitrogen and oxygen atoms in total. The second kappa shape index (κ2) is 10.1. The molecule has 180 valence electrons. The van der Waals surface area contributed by atoms with Crippen LogP contribution >= 0.6 is 39.3 Å². The Labute approximate surface area is 225 Å². The van der Waals surface area contributed by atoms with Gasteiger partial charge in [0.05, 0.1) is 11.4 Å². The van der Waals surface area contributed by atoms with Gasteiger partial charge in [-0.25, -0.2) is 0 Å². The molecule has 0 aliphatic carbocycles. The van der Waals surface area contributed by atoms with E-state index in [2.05, 4.69) is 20.5 Å². The quantitative estimate of drug-likeness (QED) is 0.177. The average Bonchev–Trinajstić information content (AvgIpc) is 3.32. The highest BCUT2D eigenvalue weighted by Gasteiger charge is 2.36. The molecule has 3 aromatic carbocycles. The highest BCUT2D eigenvalue weighted by Crippen LogP contribution is 2.35. The lowest BCUT2D eigenvalue weighted by Crippen LogP contribution is -2.33. The molecular weight excluding hydrogens is 560 g/mol. The molecule has 0 unspecified atom stereocenters. The van der Waals surface area contributed by atoms with Crippen molar-refractivity contribution in [3.05, 3.63) is 110 Å². The van der Waals surface area contributed by atoms with E-state index in [9.17, 15) is 14.4 Å². The molecule has 0 atom stereocenters. The average molecular weight is 580 g/mol. The summed E-state index contributed by atoms with van der Waals surface area (Å²) in [7, 11) is 0. The van der Waals surface area contributed by atoms with Crippen molar-refractivity contribution in [1.82, 2.24) is 9.47 Å². The van der Waals surface area contributed by atoms with Gasteiger partial charge in [-0.3, -0.25) is 19.3 Å². The third-order valence-corrected chi connectivity index (χ3v) is 7.63. The molecule has 1 fully saturated rings. The maximum Gasteiger partial charge on any atom is 0.293 e. The Kier molecular flexibility index (Phi) is 6.88. The van der Waals surface area contributed by atoms with Gasteiger partial charge in [0.15, 0.2) is 5.78 Å². The fraction of sp³-hybridized carbons (Fsp3) is 0.107. The van der Waals surface area contributed by atoms with Crippen molar-refractivity contribution >= 4 is 73.2 Å². The van der Waals surface area contributed by atoms with Crippen LogP contribution < -0.4 is 0 Å². The fourth-order valence-corrected chi connectivity index (χ4v) is 5.40. The summed E-state index contributed by atoms with van der Waals surface area (Å²) < 4.78 is 3.01. The molecule has 1 aliphatic heterocycles. The monoisotopic (exact) mass is 578 g/mol. The van der Waals surface area contributed by atoms with E-state index in [-0.39, 0.29) is 12.3 Å². The van der Waals surface area contributed by atoms with E-state index in [1.165, 1.54) is 0 Å². The third kappa shape index (κ3) is 5.05. The van der Waals surface area contributed by atoms with Gasteiger partial charge in [0.2, 0.25) is 0 Å². The summed E-state index contributed by atoms with van der Waals surface area (Å²) in [5.74, 6) is -0.735. The van der Waals surface area contributed by atoms with E-state index < -0.39 is 11.1 Å². The predicted octanol–water partition coefficient (Wildman–Crippen LogP) is 7.33. The van der Waals surface area contributed by atoms with Gasteiger partial charge in [-0.05, 0) is 60.7 Å². The van der Waals surface area contributed by atoms with E-state index in [1.807, 2.05) is 67.7 Å². The van der Waals surface area contributed by atoms with Crippen molar-refractivity contribution in [2.75, 3.05) is 6.54 Å². The molecule has 0 saturated carbocycles. The van der Waals surface area contributed by atoms with E-state index in [0.29, 0.717) is 22.0 Å². The summed E-state index contributed by atoms with van der Waals surface area (Å²) in [5.41, 5.74) is 4.39. The largest absolute Gasteiger partial charge is 0.342 e. The van der Waals surface area contributed by atoms with Crippen molar-refractivity contribution in [3.63, 3.8) is 0 Å². The summed E-state index contributed by atoms with van der Waals surface area (Å²) in [4.78, 5) is 39.8. The minimum absolute atomic E-state index is 0.276. The van der Waals surface area contributed by atoms with Crippen LogP contribution in [0.3, 0.4) is 0 Å². The Morgan fingerprint density at radius 2 is 1.75 bits per heavy atom. The molecule has 1 saturated heterocycles. The molecule has 4 aromatic rings. The van der Waals surface area contributed by atoms with Crippen LogP contribution in [0.4, 0.5) is 4.79 Å². The zero-order valence-electron chi connectivity index (χ0n) is 19.2. The zero-order valence-corrected chi connectivity index (χ0v) is 22.4. The van der Waals surface area contributed by atoms with Gasteiger partial charge in [0, 0.05) is 44.3 Å². The van der Waals surface area contributed by atoms with Crippen LogP contribution in [0.1, 0.15) is 27.0 Å². The summed E-state index contributed by atoms with van der Waals surface area (Å²) in [6, 6.07) is 20.7. The normalized spacial score (nSPS) is 14.9. The van der Waals surface area contributed by atoms with Gasteiger partial charge in [-0.15, -0.1) is 0 Å². The number of carbonyl (C=O) groups excluding carboxylic acids is 3. The minimum Gasteiger partial charge on any atom is -0.342 e.